The second kappa shape index (κ2) is 7.27. The third kappa shape index (κ3) is 3.72. The molecule has 8 heteroatoms. The van der Waals surface area contributed by atoms with Gasteiger partial charge in [-0.1, -0.05) is 17.7 Å². The summed E-state index contributed by atoms with van der Waals surface area (Å²) in [5, 5.41) is 13.1. The smallest absolute Gasteiger partial charge is 0.221 e. The Hall–Kier alpha value is -3.08. The molecule has 3 aromatic rings. The molecule has 6 nitrogen and oxygen atoms in total. The first-order valence-electron chi connectivity index (χ1n) is 7.83. The van der Waals surface area contributed by atoms with Crippen LogP contribution in [0.5, 0.6) is 0 Å². The van der Waals surface area contributed by atoms with Crippen LogP contribution >= 0.6 is 11.6 Å². The zero-order chi connectivity index (χ0) is 19.6. The van der Waals surface area contributed by atoms with Crippen LogP contribution in [-0.4, -0.2) is 19.3 Å². The number of carbonyl (C=O) groups excluding carboxylic acids is 1. The van der Waals surface area contributed by atoms with Crippen LogP contribution in [0.4, 0.5) is 5.69 Å². The lowest BCUT2D eigenvalue weighted by molar-refractivity contribution is -0.114. The van der Waals surface area contributed by atoms with E-state index >= 15 is 0 Å². The number of halogens is 1. The van der Waals surface area contributed by atoms with Crippen LogP contribution < -0.4 is 5.32 Å². The molecular formula is C19H14ClN3O3S. The van der Waals surface area contributed by atoms with Gasteiger partial charge >= 0.3 is 0 Å². The largest absolute Gasteiger partial charge is 0.361 e. The molecule has 0 saturated heterocycles. The normalized spacial score (nSPS) is 12.0. The van der Waals surface area contributed by atoms with Gasteiger partial charge in [0.2, 0.25) is 15.7 Å². The van der Waals surface area contributed by atoms with Gasteiger partial charge in [-0.3, -0.25) is 4.79 Å². The second-order valence-corrected chi connectivity index (χ2v) is 8.06. The molecule has 0 aliphatic heterocycles. The van der Waals surface area contributed by atoms with Gasteiger partial charge in [0.25, 0.3) is 0 Å². The van der Waals surface area contributed by atoms with E-state index in [0.717, 1.165) is 5.52 Å². The Morgan fingerprint density at radius 1 is 1.22 bits per heavy atom. The number of nitriles is 1. The molecule has 0 aliphatic carbocycles. The fourth-order valence-corrected chi connectivity index (χ4v) is 4.07. The van der Waals surface area contributed by atoms with Crippen LogP contribution in [0.25, 0.3) is 17.0 Å². The van der Waals surface area contributed by atoms with Crippen LogP contribution in [0.15, 0.2) is 58.5 Å². The maximum Gasteiger partial charge on any atom is 0.221 e. The topological polar surface area (TPSA) is 103 Å². The minimum Gasteiger partial charge on any atom is -0.361 e. The number of H-pyrrole nitrogens is 1. The molecular weight excluding hydrogens is 386 g/mol. The number of hydrogen-bond acceptors (Lipinski definition) is 4. The van der Waals surface area contributed by atoms with Crippen molar-refractivity contribution in [3.05, 3.63) is 64.2 Å². The second-order valence-electron chi connectivity index (χ2n) is 5.74. The lowest BCUT2D eigenvalue weighted by Crippen LogP contribution is -2.07. The molecule has 0 spiro atoms. The highest BCUT2D eigenvalue weighted by Crippen LogP contribution is 2.30. The summed E-state index contributed by atoms with van der Waals surface area (Å²) < 4.78 is 25.6. The van der Waals surface area contributed by atoms with Crippen molar-refractivity contribution in [3.63, 3.8) is 0 Å². The molecule has 0 saturated carbocycles. The van der Waals surface area contributed by atoms with Crippen molar-refractivity contribution < 1.29 is 13.2 Å². The predicted octanol–water partition coefficient (Wildman–Crippen LogP) is 4.12. The summed E-state index contributed by atoms with van der Waals surface area (Å²) >= 11 is 6.20. The number of nitrogens with one attached hydrogen (secondary N) is 2. The zero-order valence-electron chi connectivity index (χ0n) is 14.2. The number of allylic oxidation sites excluding steroid dienone is 1. The van der Waals surface area contributed by atoms with Crippen LogP contribution in [0.2, 0.25) is 5.02 Å². The first-order valence-corrected chi connectivity index (χ1v) is 9.69. The Bertz CT molecular complexity index is 1200. The van der Waals surface area contributed by atoms with Crippen molar-refractivity contribution in [2.75, 3.05) is 5.32 Å². The van der Waals surface area contributed by atoms with Crippen molar-refractivity contribution >= 4 is 50.0 Å². The van der Waals surface area contributed by atoms with E-state index in [4.69, 9.17) is 11.6 Å². The molecule has 0 aliphatic rings. The van der Waals surface area contributed by atoms with E-state index in [1.807, 2.05) is 0 Å². The maximum absolute atomic E-state index is 12.8. The van der Waals surface area contributed by atoms with Crippen LogP contribution in [0.3, 0.4) is 0 Å². The lowest BCUT2D eigenvalue weighted by atomic mass is 10.1. The van der Waals surface area contributed by atoms with E-state index < -0.39 is 14.7 Å². The number of rotatable bonds is 4. The molecule has 0 fully saturated rings. The highest BCUT2D eigenvalue weighted by Gasteiger charge is 2.21. The van der Waals surface area contributed by atoms with E-state index in [0.29, 0.717) is 21.7 Å². The van der Waals surface area contributed by atoms with Gasteiger partial charge in [-0.15, -0.1) is 0 Å². The van der Waals surface area contributed by atoms with Gasteiger partial charge in [0.15, 0.2) is 0 Å². The van der Waals surface area contributed by atoms with Gasteiger partial charge in [-0.25, -0.2) is 8.42 Å². The molecule has 1 aromatic heterocycles. The fraction of sp³-hybridized carbons (Fsp3) is 0.0526. The number of carbonyl (C=O) groups is 1. The number of amides is 1. The number of fused-ring (bicyclic) bond motifs is 1. The highest BCUT2D eigenvalue weighted by molar-refractivity contribution is 7.95. The SMILES string of the molecule is CC(=O)Nc1ccc(S(=O)(=O)/C(C#N)=C/c2c[nH]c3cccc(Cl)c23)cc1. The standard InChI is InChI=1S/C19H14ClN3O3S/c1-12(24)23-14-5-7-15(8-6-14)27(25,26)16(10-21)9-13-11-22-18-4-2-3-17(20)19(13)18/h2-9,11,22H,1H3,(H,23,24)/b16-9+. The molecule has 0 atom stereocenters. The summed E-state index contributed by atoms with van der Waals surface area (Å²) in [5.41, 5.74) is 1.71. The minimum absolute atomic E-state index is 0.0460. The van der Waals surface area contributed by atoms with E-state index in [1.165, 1.54) is 37.3 Å². The molecule has 0 radical (unpaired) electrons. The van der Waals surface area contributed by atoms with E-state index in [1.54, 1.807) is 30.5 Å². The van der Waals surface area contributed by atoms with Crippen molar-refractivity contribution in [1.82, 2.24) is 4.98 Å². The molecule has 0 bridgehead atoms. The summed E-state index contributed by atoms with van der Waals surface area (Å²) in [6, 6.07) is 12.6. The average Bonchev–Trinajstić information content (AvgIpc) is 3.03. The summed E-state index contributed by atoms with van der Waals surface area (Å²) in [4.78, 5) is 13.6. The third-order valence-electron chi connectivity index (χ3n) is 3.86. The number of hydrogen-bond donors (Lipinski definition) is 2. The lowest BCUT2D eigenvalue weighted by Gasteiger charge is -2.06. The van der Waals surface area contributed by atoms with Crippen molar-refractivity contribution in [1.29, 1.82) is 5.26 Å². The monoisotopic (exact) mass is 399 g/mol. The van der Waals surface area contributed by atoms with Crippen molar-refractivity contribution in [2.45, 2.75) is 11.8 Å². The molecule has 2 N–H and O–H groups in total. The quantitative estimate of drug-likeness (QED) is 0.644. The van der Waals surface area contributed by atoms with Crippen molar-refractivity contribution in [2.24, 2.45) is 0 Å². The van der Waals surface area contributed by atoms with Crippen LogP contribution in [-0.2, 0) is 14.6 Å². The predicted molar refractivity (Wildman–Crippen MR) is 105 cm³/mol. The first kappa shape index (κ1) is 18.7. The highest BCUT2D eigenvalue weighted by atomic mass is 35.5. The molecule has 2 aromatic carbocycles. The Morgan fingerprint density at radius 3 is 2.56 bits per heavy atom. The molecule has 1 heterocycles. The van der Waals surface area contributed by atoms with Gasteiger partial charge in [0, 0.05) is 35.3 Å². The Kier molecular flexibility index (Phi) is 5.04. The summed E-state index contributed by atoms with van der Waals surface area (Å²) in [5.74, 6) is -0.264. The van der Waals surface area contributed by atoms with Gasteiger partial charge in [0.05, 0.1) is 9.92 Å². The zero-order valence-corrected chi connectivity index (χ0v) is 15.7. The number of aromatic nitrogens is 1. The number of sulfone groups is 1. The fourth-order valence-electron chi connectivity index (χ4n) is 2.64. The minimum atomic E-state index is -4.02. The summed E-state index contributed by atoms with van der Waals surface area (Å²) in [7, 11) is -4.02. The maximum atomic E-state index is 12.8. The van der Waals surface area contributed by atoms with Crippen molar-refractivity contribution in [3.8, 4) is 6.07 Å². The van der Waals surface area contributed by atoms with E-state index in [-0.39, 0.29) is 10.8 Å². The number of aromatic amines is 1. The van der Waals surface area contributed by atoms with Gasteiger partial charge in [0.1, 0.15) is 11.0 Å². The molecule has 0 unspecified atom stereocenters. The number of anilines is 1. The number of nitrogens with zero attached hydrogens (tertiary/aromatic N) is 1. The molecule has 1 amide bonds. The third-order valence-corrected chi connectivity index (χ3v) is 5.85. The Morgan fingerprint density at radius 2 is 1.93 bits per heavy atom. The summed E-state index contributed by atoms with van der Waals surface area (Å²) in [6.45, 7) is 1.35. The van der Waals surface area contributed by atoms with E-state index in [2.05, 4.69) is 10.3 Å². The van der Waals surface area contributed by atoms with Gasteiger partial charge in [-0.2, -0.15) is 5.26 Å². The van der Waals surface area contributed by atoms with E-state index in [9.17, 15) is 18.5 Å². The molecule has 27 heavy (non-hydrogen) atoms. The number of benzene rings is 2. The Labute approximate surface area is 161 Å². The first-order chi connectivity index (χ1) is 12.8. The van der Waals surface area contributed by atoms with Crippen LogP contribution in [0.1, 0.15) is 12.5 Å². The summed E-state index contributed by atoms with van der Waals surface area (Å²) in [6.07, 6.45) is 2.89. The molecule has 3 rings (SSSR count). The van der Waals surface area contributed by atoms with Crippen LogP contribution in [0, 0.1) is 11.3 Å². The van der Waals surface area contributed by atoms with Gasteiger partial charge < -0.3 is 10.3 Å². The Balaban J connectivity index is 2.04. The average molecular weight is 400 g/mol. The van der Waals surface area contributed by atoms with Gasteiger partial charge in [-0.05, 0) is 42.5 Å². The molecule has 136 valence electrons.